The fourth-order valence-electron chi connectivity index (χ4n) is 1.94. The predicted octanol–water partition coefficient (Wildman–Crippen LogP) is 1.78. The molecule has 2 heterocycles. The quantitative estimate of drug-likeness (QED) is 0.776. The first-order valence-corrected chi connectivity index (χ1v) is 5.73. The van der Waals surface area contributed by atoms with Crippen molar-refractivity contribution < 1.29 is 14.3 Å². The first-order valence-electron chi connectivity index (χ1n) is 5.73. The molecule has 98 valence electrons. The molecule has 0 atom stereocenters. The number of imidazole rings is 1. The van der Waals surface area contributed by atoms with Crippen molar-refractivity contribution in [2.24, 2.45) is 0 Å². The van der Waals surface area contributed by atoms with Crippen molar-refractivity contribution in [2.45, 2.75) is 6.42 Å². The number of carboxylic acid groups (broad SMARTS) is 1. The summed E-state index contributed by atoms with van der Waals surface area (Å²) in [5, 5.41) is 17.7. The van der Waals surface area contributed by atoms with Crippen LogP contribution in [0.1, 0.15) is 16.3 Å². The van der Waals surface area contributed by atoms with Crippen LogP contribution < -0.4 is 0 Å². The first kappa shape index (κ1) is 11.9. The number of carboxylic acids is 1. The van der Waals surface area contributed by atoms with Gasteiger partial charge in [0.25, 0.3) is 0 Å². The Kier molecular flexibility index (Phi) is 2.69. The summed E-state index contributed by atoms with van der Waals surface area (Å²) in [5.74, 6) is -0.723. The van der Waals surface area contributed by atoms with E-state index in [1.807, 2.05) is 18.2 Å². The lowest BCUT2D eigenvalue weighted by Gasteiger charge is -2.00. The Bertz CT molecular complexity index is 841. The van der Waals surface area contributed by atoms with E-state index in [4.69, 9.17) is 14.8 Å². The Morgan fingerprint density at radius 3 is 2.90 bits per heavy atom. The number of benzene rings is 1. The van der Waals surface area contributed by atoms with Gasteiger partial charge in [-0.3, -0.25) is 0 Å². The van der Waals surface area contributed by atoms with E-state index in [1.54, 1.807) is 16.7 Å². The van der Waals surface area contributed by atoms with Crippen molar-refractivity contribution in [1.82, 2.24) is 14.5 Å². The molecule has 0 saturated heterocycles. The lowest BCUT2D eigenvalue weighted by atomic mass is 10.3. The second-order valence-corrected chi connectivity index (χ2v) is 4.01. The normalized spacial score (nSPS) is 10.6. The first-order chi connectivity index (χ1) is 9.70. The second-order valence-electron chi connectivity index (χ2n) is 4.01. The van der Waals surface area contributed by atoms with Gasteiger partial charge in [-0.2, -0.15) is 10.2 Å². The van der Waals surface area contributed by atoms with Crippen molar-refractivity contribution in [3.63, 3.8) is 0 Å². The van der Waals surface area contributed by atoms with E-state index in [2.05, 4.69) is 9.97 Å². The number of para-hydroxylation sites is 2. The molecule has 20 heavy (non-hydrogen) atoms. The van der Waals surface area contributed by atoms with Gasteiger partial charge < -0.3 is 9.52 Å². The molecule has 0 aliphatic carbocycles. The van der Waals surface area contributed by atoms with E-state index in [9.17, 15) is 4.79 Å². The Labute approximate surface area is 112 Å². The molecule has 3 rings (SSSR count). The van der Waals surface area contributed by atoms with Gasteiger partial charge in [-0.05, 0) is 12.1 Å². The molecule has 7 nitrogen and oxygen atoms in total. The highest BCUT2D eigenvalue weighted by atomic mass is 16.4. The van der Waals surface area contributed by atoms with Crippen molar-refractivity contribution >= 4 is 17.0 Å². The van der Waals surface area contributed by atoms with Crippen molar-refractivity contribution in [2.75, 3.05) is 0 Å². The number of hydrogen-bond acceptors (Lipinski definition) is 5. The molecule has 0 aliphatic heterocycles. The van der Waals surface area contributed by atoms with Gasteiger partial charge in [-0.15, -0.1) is 0 Å². The zero-order valence-electron chi connectivity index (χ0n) is 10.1. The van der Waals surface area contributed by atoms with Crippen LogP contribution in [-0.4, -0.2) is 25.6 Å². The van der Waals surface area contributed by atoms with Gasteiger partial charge in [-0.25, -0.2) is 14.3 Å². The molecule has 7 heteroatoms. The Balaban J connectivity index is 2.24. The summed E-state index contributed by atoms with van der Waals surface area (Å²) >= 11 is 0. The Hall–Kier alpha value is -3.14. The lowest BCUT2D eigenvalue weighted by Crippen LogP contribution is -2.02. The maximum atomic E-state index is 10.9. The third-order valence-corrected chi connectivity index (χ3v) is 2.77. The third-order valence-electron chi connectivity index (χ3n) is 2.77. The molecule has 0 saturated carbocycles. The highest BCUT2D eigenvalue weighted by Gasteiger charge is 2.18. The zero-order chi connectivity index (χ0) is 14.1. The average molecular weight is 268 g/mol. The summed E-state index contributed by atoms with van der Waals surface area (Å²) < 4.78 is 6.73. The second kappa shape index (κ2) is 4.51. The number of fused-ring (bicyclic) bond motifs is 1. The highest BCUT2D eigenvalue weighted by molar-refractivity contribution is 5.85. The highest BCUT2D eigenvalue weighted by Crippen LogP contribution is 2.21. The van der Waals surface area contributed by atoms with E-state index >= 15 is 0 Å². The monoisotopic (exact) mass is 268 g/mol. The summed E-state index contributed by atoms with van der Waals surface area (Å²) in [4.78, 5) is 19.1. The standard InChI is InChI=1S/C13H8N4O3/c14-6-5-11-15-8-3-1-2-4-10(8)17(11)13-16-9(7-20-13)12(18)19/h1-4,7H,5H2,(H,18,19). The minimum atomic E-state index is -1.17. The summed E-state index contributed by atoms with van der Waals surface area (Å²) in [5.41, 5.74) is 1.20. The fraction of sp³-hybridized carbons (Fsp3) is 0.0769. The molecular weight excluding hydrogens is 260 g/mol. The van der Waals surface area contributed by atoms with Crippen LogP contribution in [-0.2, 0) is 6.42 Å². The van der Waals surface area contributed by atoms with Crippen LogP contribution in [0.3, 0.4) is 0 Å². The molecule has 0 spiro atoms. The largest absolute Gasteiger partial charge is 0.476 e. The molecular formula is C13H8N4O3. The third kappa shape index (κ3) is 1.80. The topological polar surface area (TPSA) is 105 Å². The number of oxazole rings is 1. The van der Waals surface area contributed by atoms with Crippen molar-refractivity contribution in [3.05, 3.63) is 42.0 Å². The molecule has 3 aromatic rings. The van der Waals surface area contributed by atoms with Gasteiger partial charge >= 0.3 is 12.0 Å². The van der Waals surface area contributed by atoms with Gasteiger partial charge in [0, 0.05) is 0 Å². The van der Waals surface area contributed by atoms with Crippen LogP contribution in [0.2, 0.25) is 0 Å². The van der Waals surface area contributed by atoms with Gasteiger partial charge in [0.15, 0.2) is 5.69 Å². The van der Waals surface area contributed by atoms with Gasteiger partial charge in [-0.1, -0.05) is 12.1 Å². The molecule has 0 fully saturated rings. The van der Waals surface area contributed by atoms with Crippen LogP contribution in [0, 0.1) is 11.3 Å². The smallest absolute Gasteiger partial charge is 0.357 e. The van der Waals surface area contributed by atoms with Crippen LogP contribution in [0.25, 0.3) is 17.0 Å². The Morgan fingerprint density at radius 1 is 1.40 bits per heavy atom. The fourth-order valence-corrected chi connectivity index (χ4v) is 1.94. The zero-order valence-corrected chi connectivity index (χ0v) is 10.1. The molecule has 0 unspecified atom stereocenters. The van der Waals surface area contributed by atoms with Crippen LogP contribution in [0.4, 0.5) is 0 Å². The van der Waals surface area contributed by atoms with Crippen molar-refractivity contribution in [3.8, 4) is 12.1 Å². The molecule has 0 aliphatic rings. The van der Waals surface area contributed by atoms with E-state index in [0.717, 1.165) is 6.26 Å². The average Bonchev–Trinajstić information content (AvgIpc) is 3.02. The molecule has 0 bridgehead atoms. The number of nitrogens with zero attached hydrogens (tertiary/aromatic N) is 4. The molecule has 1 N–H and O–H groups in total. The summed E-state index contributed by atoms with van der Waals surface area (Å²) in [6, 6.07) is 9.34. The summed E-state index contributed by atoms with van der Waals surface area (Å²) in [7, 11) is 0. The maximum absolute atomic E-state index is 10.9. The summed E-state index contributed by atoms with van der Waals surface area (Å²) in [6.07, 6.45) is 1.13. The van der Waals surface area contributed by atoms with Crippen LogP contribution in [0.5, 0.6) is 0 Å². The van der Waals surface area contributed by atoms with Gasteiger partial charge in [0.05, 0.1) is 23.5 Å². The Morgan fingerprint density at radius 2 is 2.20 bits per heavy atom. The van der Waals surface area contributed by atoms with Crippen LogP contribution in [0.15, 0.2) is 34.9 Å². The molecule has 0 amide bonds. The number of rotatable bonds is 3. The number of carbonyl (C=O) groups is 1. The number of aromatic nitrogens is 3. The van der Waals surface area contributed by atoms with E-state index in [0.29, 0.717) is 16.9 Å². The maximum Gasteiger partial charge on any atom is 0.357 e. The minimum absolute atomic E-state index is 0.0689. The SMILES string of the molecule is N#CCc1nc2ccccc2n1-c1nc(C(=O)O)co1. The summed E-state index contributed by atoms with van der Waals surface area (Å²) in [6.45, 7) is 0. The number of nitriles is 1. The molecule has 2 aromatic heterocycles. The van der Waals surface area contributed by atoms with Crippen molar-refractivity contribution in [1.29, 1.82) is 5.26 Å². The van der Waals surface area contributed by atoms with Gasteiger partial charge in [0.2, 0.25) is 0 Å². The molecule has 0 radical (unpaired) electrons. The predicted molar refractivity (Wildman–Crippen MR) is 67.4 cm³/mol. The number of aromatic carboxylic acids is 1. The van der Waals surface area contributed by atoms with Gasteiger partial charge in [0.1, 0.15) is 12.1 Å². The molecule has 1 aromatic carbocycles. The van der Waals surface area contributed by atoms with Crippen LogP contribution >= 0.6 is 0 Å². The minimum Gasteiger partial charge on any atom is -0.476 e. The number of hydrogen-bond donors (Lipinski definition) is 1. The lowest BCUT2D eigenvalue weighted by molar-refractivity contribution is 0.0690. The van der Waals surface area contributed by atoms with E-state index in [1.165, 1.54) is 0 Å². The van der Waals surface area contributed by atoms with E-state index < -0.39 is 5.97 Å². The van der Waals surface area contributed by atoms with E-state index in [-0.39, 0.29) is 18.1 Å².